The molecule has 0 aliphatic heterocycles. The molecule has 0 saturated carbocycles. The first-order valence-corrected chi connectivity index (χ1v) is 12.9. The lowest BCUT2D eigenvalue weighted by Crippen LogP contribution is -2.48. The zero-order chi connectivity index (χ0) is 26.5. The first-order chi connectivity index (χ1) is 18.5. The van der Waals surface area contributed by atoms with Crippen LogP contribution < -0.4 is 10.6 Å². The van der Waals surface area contributed by atoms with E-state index >= 15 is 0 Å². The van der Waals surface area contributed by atoms with Crippen molar-refractivity contribution in [1.82, 2.24) is 20.6 Å². The number of rotatable bonds is 8. The lowest BCUT2D eigenvalue weighted by Gasteiger charge is -2.37. The zero-order valence-corrected chi connectivity index (χ0v) is 21.9. The second kappa shape index (κ2) is 10.9. The summed E-state index contributed by atoms with van der Waals surface area (Å²) < 4.78 is 0.860. The van der Waals surface area contributed by atoms with Crippen LogP contribution in [0.2, 0.25) is 0 Å². The first kappa shape index (κ1) is 25.2. The Morgan fingerprint density at radius 2 is 1.37 bits per heavy atom. The number of aromatic amines is 1. The highest BCUT2D eigenvalue weighted by Crippen LogP contribution is 2.37. The van der Waals surface area contributed by atoms with Crippen LogP contribution in [0.25, 0.3) is 11.0 Å². The van der Waals surface area contributed by atoms with Gasteiger partial charge in [0.2, 0.25) is 5.91 Å². The van der Waals surface area contributed by atoms with Crippen LogP contribution in [0.4, 0.5) is 4.79 Å². The Balaban J connectivity index is 1.56. The van der Waals surface area contributed by atoms with E-state index in [4.69, 9.17) is 0 Å². The van der Waals surface area contributed by atoms with Gasteiger partial charge in [-0.2, -0.15) is 0 Å². The minimum absolute atomic E-state index is 0.165. The van der Waals surface area contributed by atoms with Crippen molar-refractivity contribution in [3.63, 3.8) is 0 Å². The maximum Gasteiger partial charge on any atom is 0.405 e. The number of carbonyl (C=O) groups is 2. The molecule has 0 radical (unpaired) electrons. The molecule has 0 fully saturated rings. The summed E-state index contributed by atoms with van der Waals surface area (Å²) in [7, 11) is 0. The van der Waals surface area contributed by atoms with Crippen LogP contribution in [0.3, 0.4) is 0 Å². The van der Waals surface area contributed by atoms with Crippen molar-refractivity contribution >= 4 is 39.0 Å². The molecule has 0 spiro atoms. The fourth-order valence-electron chi connectivity index (χ4n) is 4.76. The number of carbonyl (C=O) groups excluding carboxylic acids is 1. The molecule has 0 saturated heterocycles. The topological polar surface area (TPSA) is 107 Å². The third-order valence-corrected chi connectivity index (χ3v) is 6.92. The van der Waals surface area contributed by atoms with Gasteiger partial charge in [-0.15, -0.1) is 0 Å². The highest BCUT2D eigenvalue weighted by atomic mass is 79.9. The number of fused-ring (bicyclic) bond motifs is 1. The van der Waals surface area contributed by atoms with Gasteiger partial charge in [-0.3, -0.25) is 4.79 Å². The predicted octanol–water partition coefficient (Wildman–Crippen LogP) is 6.13. The summed E-state index contributed by atoms with van der Waals surface area (Å²) in [5, 5.41) is 15.3. The van der Waals surface area contributed by atoms with Crippen molar-refractivity contribution in [2.45, 2.75) is 18.0 Å². The standard InChI is InChI=1S/C30H25BrN4O3/c31-23-16-17-24-25(18-23)33-28(32-24)26(34-29(37)38)19-27(36)35-30(20-10-4-1-5-11-20,21-12-6-2-7-13-21)22-14-8-3-9-15-22/h1-18,26,34H,19H2,(H,32,33)(H,35,36)(H,37,38). The molecule has 38 heavy (non-hydrogen) atoms. The molecule has 0 aliphatic carbocycles. The average molecular weight is 569 g/mol. The molecule has 8 heteroatoms. The molecule has 1 heterocycles. The van der Waals surface area contributed by atoms with Gasteiger partial charge in [-0.1, -0.05) is 107 Å². The summed E-state index contributed by atoms with van der Waals surface area (Å²) in [6, 6.07) is 33.9. The lowest BCUT2D eigenvalue weighted by atomic mass is 9.77. The van der Waals surface area contributed by atoms with E-state index in [1.807, 2.05) is 109 Å². The van der Waals surface area contributed by atoms with Gasteiger partial charge in [0.15, 0.2) is 0 Å². The largest absolute Gasteiger partial charge is 0.465 e. The highest BCUT2D eigenvalue weighted by molar-refractivity contribution is 9.10. The van der Waals surface area contributed by atoms with Gasteiger partial charge < -0.3 is 20.7 Å². The number of benzene rings is 4. The summed E-state index contributed by atoms with van der Waals surface area (Å²) in [6.45, 7) is 0. The van der Waals surface area contributed by atoms with Crippen molar-refractivity contribution in [1.29, 1.82) is 0 Å². The molecule has 7 nitrogen and oxygen atoms in total. The van der Waals surface area contributed by atoms with Crippen LogP contribution in [0, 0.1) is 0 Å². The number of hydrogen-bond donors (Lipinski definition) is 4. The number of amides is 2. The van der Waals surface area contributed by atoms with E-state index in [0.29, 0.717) is 11.3 Å². The van der Waals surface area contributed by atoms with Gasteiger partial charge in [0.25, 0.3) is 0 Å². The van der Waals surface area contributed by atoms with Gasteiger partial charge in [-0.05, 0) is 34.9 Å². The van der Waals surface area contributed by atoms with Crippen LogP contribution in [-0.4, -0.2) is 27.1 Å². The number of imidazole rings is 1. The van der Waals surface area contributed by atoms with Gasteiger partial charge in [-0.25, -0.2) is 9.78 Å². The Bertz CT molecular complexity index is 1460. The SMILES string of the molecule is O=C(O)NC(CC(=O)NC(c1ccccc1)(c1ccccc1)c1ccccc1)c1nc2ccc(Br)cc2[nH]1. The molecule has 2 amide bonds. The van der Waals surface area contributed by atoms with E-state index < -0.39 is 17.7 Å². The number of hydrogen-bond acceptors (Lipinski definition) is 3. The number of aromatic nitrogens is 2. The smallest absolute Gasteiger partial charge is 0.405 e. The summed E-state index contributed by atoms with van der Waals surface area (Å²) >= 11 is 3.44. The second-order valence-corrected chi connectivity index (χ2v) is 9.80. The van der Waals surface area contributed by atoms with Crippen molar-refractivity contribution in [2.24, 2.45) is 0 Å². The molecular weight excluding hydrogens is 544 g/mol. The Labute approximate surface area is 228 Å². The zero-order valence-electron chi connectivity index (χ0n) is 20.3. The molecule has 1 aromatic heterocycles. The fourth-order valence-corrected chi connectivity index (χ4v) is 5.12. The maximum atomic E-state index is 13.8. The third kappa shape index (κ3) is 5.17. The molecule has 1 atom stereocenters. The van der Waals surface area contributed by atoms with E-state index in [9.17, 15) is 14.7 Å². The minimum atomic E-state index is -1.25. The third-order valence-electron chi connectivity index (χ3n) is 6.43. The molecule has 0 bridgehead atoms. The van der Waals surface area contributed by atoms with E-state index in [0.717, 1.165) is 26.7 Å². The van der Waals surface area contributed by atoms with Gasteiger partial charge in [0.1, 0.15) is 11.4 Å². The van der Waals surface area contributed by atoms with Crippen LogP contribution in [0.5, 0.6) is 0 Å². The Hall–Kier alpha value is -4.43. The molecular formula is C30H25BrN4O3. The molecule has 5 rings (SSSR count). The molecule has 190 valence electrons. The Morgan fingerprint density at radius 3 is 1.87 bits per heavy atom. The maximum absolute atomic E-state index is 13.8. The average Bonchev–Trinajstić information content (AvgIpc) is 3.36. The van der Waals surface area contributed by atoms with Gasteiger partial charge in [0.05, 0.1) is 23.5 Å². The van der Waals surface area contributed by atoms with E-state index in [2.05, 4.69) is 36.5 Å². The summed E-state index contributed by atoms with van der Waals surface area (Å²) in [6.07, 6.45) is -1.41. The number of halogens is 1. The monoisotopic (exact) mass is 568 g/mol. The van der Waals surface area contributed by atoms with E-state index in [1.54, 1.807) is 0 Å². The van der Waals surface area contributed by atoms with Gasteiger partial charge >= 0.3 is 6.09 Å². The number of H-pyrrole nitrogens is 1. The Morgan fingerprint density at radius 1 is 0.842 bits per heavy atom. The van der Waals surface area contributed by atoms with Crippen molar-refractivity contribution in [2.75, 3.05) is 0 Å². The summed E-state index contributed by atoms with van der Waals surface area (Å²) in [4.78, 5) is 33.2. The summed E-state index contributed by atoms with van der Waals surface area (Å²) in [5.41, 5.74) is 3.03. The number of carboxylic acid groups (broad SMARTS) is 1. The minimum Gasteiger partial charge on any atom is -0.465 e. The molecule has 5 aromatic rings. The molecule has 1 unspecified atom stereocenters. The number of nitrogens with one attached hydrogen (secondary N) is 3. The van der Waals surface area contributed by atoms with Crippen molar-refractivity contribution in [3.8, 4) is 0 Å². The van der Waals surface area contributed by atoms with Crippen LogP contribution in [0.1, 0.15) is 35.0 Å². The normalized spacial score (nSPS) is 12.1. The molecule has 0 aliphatic rings. The molecule has 4 aromatic carbocycles. The van der Waals surface area contributed by atoms with Crippen LogP contribution in [0.15, 0.2) is 114 Å². The summed E-state index contributed by atoms with van der Waals surface area (Å²) in [5.74, 6) is 0.0160. The fraction of sp³-hybridized carbons (Fsp3) is 0.100. The second-order valence-electron chi connectivity index (χ2n) is 8.89. The quantitative estimate of drug-likeness (QED) is 0.169. The van der Waals surface area contributed by atoms with Crippen LogP contribution in [-0.2, 0) is 10.3 Å². The van der Waals surface area contributed by atoms with E-state index in [1.165, 1.54) is 0 Å². The van der Waals surface area contributed by atoms with E-state index in [-0.39, 0.29) is 12.3 Å². The lowest BCUT2D eigenvalue weighted by molar-refractivity contribution is -0.122. The predicted molar refractivity (Wildman–Crippen MR) is 150 cm³/mol. The number of nitrogens with zero attached hydrogens (tertiary/aromatic N) is 1. The molecule has 4 N–H and O–H groups in total. The van der Waals surface area contributed by atoms with Crippen molar-refractivity contribution in [3.05, 3.63) is 136 Å². The van der Waals surface area contributed by atoms with Gasteiger partial charge in [0, 0.05) is 4.47 Å². The first-order valence-electron chi connectivity index (χ1n) is 12.1. The van der Waals surface area contributed by atoms with Crippen LogP contribution >= 0.6 is 15.9 Å². The highest BCUT2D eigenvalue weighted by Gasteiger charge is 2.38. The Kier molecular flexibility index (Phi) is 7.24. The van der Waals surface area contributed by atoms with Crippen molar-refractivity contribution < 1.29 is 14.7 Å².